The van der Waals surface area contributed by atoms with E-state index in [4.69, 9.17) is 9.79 Å². The molecule has 0 saturated heterocycles. The molecule has 0 heterocycles. The van der Waals surface area contributed by atoms with Crippen molar-refractivity contribution in [3.63, 3.8) is 0 Å². The van der Waals surface area contributed by atoms with Crippen molar-refractivity contribution in [2.45, 2.75) is 26.7 Å². The van der Waals surface area contributed by atoms with Crippen LogP contribution in [0.4, 0.5) is 0 Å². The molecule has 2 N–H and O–H groups in total. The van der Waals surface area contributed by atoms with E-state index in [2.05, 4.69) is 4.52 Å². The monoisotopic (exact) mass is 194 g/mol. The quantitative estimate of drug-likeness (QED) is 0.517. The summed E-state index contributed by atoms with van der Waals surface area (Å²) in [5, 5.41) is 0. The van der Waals surface area contributed by atoms with Crippen LogP contribution in [0.15, 0.2) is 11.6 Å². The second kappa shape index (κ2) is 5.49. The average molecular weight is 194 g/mol. The maximum atomic E-state index is 10.2. The molecule has 0 aliphatic carbocycles. The Labute approximate surface area is 72.5 Å². The lowest BCUT2D eigenvalue weighted by molar-refractivity contribution is 0.215. The van der Waals surface area contributed by atoms with Crippen LogP contribution in [0.3, 0.4) is 0 Å². The lowest BCUT2D eigenvalue weighted by atomic mass is 10.2. The minimum atomic E-state index is -4.29. The van der Waals surface area contributed by atoms with Gasteiger partial charge in [-0.25, -0.2) is 4.57 Å². The highest BCUT2D eigenvalue weighted by Gasteiger charge is 2.11. The van der Waals surface area contributed by atoms with Crippen LogP contribution in [0.5, 0.6) is 0 Å². The van der Waals surface area contributed by atoms with E-state index in [1.54, 1.807) is 6.08 Å². The summed E-state index contributed by atoms with van der Waals surface area (Å²) in [5.74, 6) is 0. The Hall–Kier alpha value is -0.150. The first-order valence-corrected chi connectivity index (χ1v) is 5.34. The molecule has 0 aromatic heterocycles. The van der Waals surface area contributed by atoms with Crippen LogP contribution in [0.2, 0.25) is 0 Å². The minimum Gasteiger partial charge on any atom is -0.303 e. The second-order valence-corrected chi connectivity index (χ2v) is 3.83. The SMILES string of the molecule is CCC/C(C)=C/COP(=O)(O)O. The smallest absolute Gasteiger partial charge is 0.303 e. The fraction of sp³-hybridized carbons (Fsp3) is 0.714. The van der Waals surface area contributed by atoms with Gasteiger partial charge in [-0.05, 0) is 13.3 Å². The zero-order valence-electron chi connectivity index (χ0n) is 7.36. The molecule has 0 radical (unpaired) electrons. The first-order valence-electron chi connectivity index (χ1n) is 3.81. The van der Waals surface area contributed by atoms with Crippen LogP contribution in [-0.4, -0.2) is 16.4 Å². The molecule has 5 heteroatoms. The van der Waals surface area contributed by atoms with Gasteiger partial charge in [0, 0.05) is 0 Å². The molecule has 4 nitrogen and oxygen atoms in total. The lowest BCUT2D eigenvalue weighted by Crippen LogP contribution is -1.89. The summed E-state index contributed by atoms with van der Waals surface area (Å²) in [5.41, 5.74) is 1.09. The van der Waals surface area contributed by atoms with E-state index in [9.17, 15) is 4.57 Å². The fourth-order valence-corrected chi connectivity index (χ4v) is 1.04. The van der Waals surface area contributed by atoms with Crippen molar-refractivity contribution in [2.24, 2.45) is 0 Å². The molecule has 0 fully saturated rings. The first kappa shape index (κ1) is 11.8. The van der Waals surface area contributed by atoms with Crippen molar-refractivity contribution in [1.82, 2.24) is 0 Å². The van der Waals surface area contributed by atoms with Crippen molar-refractivity contribution in [3.05, 3.63) is 11.6 Å². The molecule has 0 aliphatic rings. The molecule has 0 spiro atoms. The maximum Gasteiger partial charge on any atom is 0.469 e. The standard InChI is InChI=1S/C7H15O4P/c1-3-4-7(2)5-6-11-12(8,9)10/h5H,3-4,6H2,1-2H3,(H2,8,9,10)/b7-5+. The molecule has 0 amide bonds. The van der Waals surface area contributed by atoms with Gasteiger partial charge in [0.2, 0.25) is 0 Å². The van der Waals surface area contributed by atoms with E-state index in [-0.39, 0.29) is 6.61 Å². The summed E-state index contributed by atoms with van der Waals surface area (Å²) in [6.45, 7) is 3.93. The Kier molecular flexibility index (Phi) is 5.42. The Morgan fingerprint density at radius 2 is 2.17 bits per heavy atom. The molecule has 0 aliphatic heterocycles. The van der Waals surface area contributed by atoms with E-state index in [0.29, 0.717) is 0 Å². The van der Waals surface area contributed by atoms with Crippen LogP contribution >= 0.6 is 7.82 Å². The molecular formula is C7H15O4P. The number of phosphoric acid groups is 1. The highest BCUT2D eigenvalue weighted by atomic mass is 31.2. The topological polar surface area (TPSA) is 66.8 Å². The molecule has 0 rings (SSSR count). The van der Waals surface area contributed by atoms with Crippen LogP contribution in [0, 0.1) is 0 Å². The van der Waals surface area contributed by atoms with Crippen LogP contribution in [0.1, 0.15) is 26.7 Å². The van der Waals surface area contributed by atoms with Gasteiger partial charge >= 0.3 is 7.82 Å². The Balaban J connectivity index is 3.67. The molecule has 0 atom stereocenters. The van der Waals surface area contributed by atoms with E-state index >= 15 is 0 Å². The van der Waals surface area contributed by atoms with E-state index in [1.807, 2.05) is 13.8 Å². The van der Waals surface area contributed by atoms with Crippen molar-refractivity contribution >= 4 is 7.82 Å². The number of hydrogen-bond donors (Lipinski definition) is 2. The third-order valence-corrected chi connectivity index (χ3v) is 1.80. The van der Waals surface area contributed by atoms with Gasteiger partial charge in [0.15, 0.2) is 0 Å². The second-order valence-electron chi connectivity index (χ2n) is 2.59. The van der Waals surface area contributed by atoms with Gasteiger partial charge in [0.25, 0.3) is 0 Å². The van der Waals surface area contributed by atoms with Crippen molar-refractivity contribution in [2.75, 3.05) is 6.61 Å². The van der Waals surface area contributed by atoms with Gasteiger partial charge in [-0.15, -0.1) is 0 Å². The third-order valence-electron chi connectivity index (χ3n) is 1.32. The number of rotatable bonds is 5. The van der Waals surface area contributed by atoms with Gasteiger partial charge < -0.3 is 9.79 Å². The van der Waals surface area contributed by atoms with Crippen LogP contribution in [-0.2, 0) is 9.09 Å². The first-order chi connectivity index (χ1) is 5.45. The largest absolute Gasteiger partial charge is 0.469 e. The Morgan fingerprint density at radius 1 is 1.58 bits per heavy atom. The van der Waals surface area contributed by atoms with Gasteiger partial charge in [0.1, 0.15) is 0 Å². The normalized spacial score (nSPS) is 13.5. The van der Waals surface area contributed by atoms with Gasteiger partial charge in [-0.3, -0.25) is 4.52 Å². The predicted molar refractivity (Wildman–Crippen MR) is 46.7 cm³/mol. The molecular weight excluding hydrogens is 179 g/mol. The molecule has 0 saturated carbocycles. The van der Waals surface area contributed by atoms with Crippen LogP contribution < -0.4 is 0 Å². The number of phosphoric ester groups is 1. The lowest BCUT2D eigenvalue weighted by Gasteiger charge is -2.02. The third kappa shape index (κ3) is 7.95. The molecule has 72 valence electrons. The van der Waals surface area contributed by atoms with Crippen molar-refractivity contribution < 1.29 is 18.9 Å². The Morgan fingerprint density at radius 3 is 2.58 bits per heavy atom. The predicted octanol–water partition coefficient (Wildman–Crippen LogP) is 1.84. The summed E-state index contributed by atoms with van der Waals surface area (Å²) < 4.78 is 14.5. The van der Waals surface area contributed by atoms with Gasteiger partial charge in [0.05, 0.1) is 6.61 Å². The zero-order valence-corrected chi connectivity index (χ0v) is 8.25. The fourth-order valence-electron chi connectivity index (χ4n) is 0.773. The summed E-state index contributed by atoms with van der Waals surface area (Å²) >= 11 is 0. The Bertz CT molecular complexity index is 194. The molecule has 12 heavy (non-hydrogen) atoms. The summed E-state index contributed by atoms with van der Waals surface area (Å²) in [6, 6.07) is 0. The van der Waals surface area contributed by atoms with E-state index in [1.165, 1.54) is 0 Å². The maximum absolute atomic E-state index is 10.2. The molecule has 0 aromatic rings. The zero-order chi connectivity index (χ0) is 9.61. The van der Waals surface area contributed by atoms with Gasteiger partial charge in [-0.1, -0.05) is 25.0 Å². The number of hydrogen-bond acceptors (Lipinski definition) is 2. The van der Waals surface area contributed by atoms with Crippen LogP contribution in [0.25, 0.3) is 0 Å². The summed E-state index contributed by atoms with van der Waals surface area (Å²) in [4.78, 5) is 16.6. The molecule has 0 unspecified atom stereocenters. The van der Waals surface area contributed by atoms with E-state index < -0.39 is 7.82 Å². The summed E-state index contributed by atoms with van der Waals surface area (Å²) in [6.07, 6.45) is 3.64. The van der Waals surface area contributed by atoms with Gasteiger partial charge in [-0.2, -0.15) is 0 Å². The summed E-state index contributed by atoms with van der Waals surface area (Å²) in [7, 11) is -4.29. The average Bonchev–Trinajstić information content (AvgIpc) is 1.84. The molecule has 0 bridgehead atoms. The highest BCUT2D eigenvalue weighted by molar-refractivity contribution is 7.46. The van der Waals surface area contributed by atoms with Crippen molar-refractivity contribution in [1.29, 1.82) is 0 Å². The number of allylic oxidation sites excluding steroid dienone is 1. The van der Waals surface area contributed by atoms with E-state index in [0.717, 1.165) is 18.4 Å². The highest BCUT2D eigenvalue weighted by Crippen LogP contribution is 2.35. The van der Waals surface area contributed by atoms with Crippen molar-refractivity contribution in [3.8, 4) is 0 Å². The molecule has 0 aromatic carbocycles. The minimum absolute atomic E-state index is 0.0177.